The van der Waals surface area contributed by atoms with Crippen molar-refractivity contribution in [2.24, 2.45) is 0 Å². The molecule has 9 heteroatoms. The highest BCUT2D eigenvalue weighted by Crippen LogP contribution is 2.21. The summed E-state index contributed by atoms with van der Waals surface area (Å²) >= 11 is 0. The van der Waals surface area contributed by atoms with Gasteiger partial charge in [-0.05, 0) is 0 Å². The van der Waals surface area contributed by atoms with Crippen molar-refractivity contribution in [3.8, 4) is 0 Å². The van der Waals surface area contributed by atoms with E-state index < -0.39 is 10.0 Å². The van der Waals surface area contributed by atoms with Crippen LogP contribution in [0.5, 0.6) is 0 Å². The Morgan fingerprint density at radius 2 is 1.89 bits per heavy atom. The van der Waals surface area contributed by atoms with E-state index in [1.54, 1.807) is 6.33 Å². The van der Waals surface area contributed by atoms with Crippen molar-refractivity contribution in [2.75, 3.05) is 37.3 Å². The van der Waals surface area contributed by atoms with Crippen molar-refractivity contribution in [1.82, 2.24) is 24.2 Å². The molecule has 8 nitrogen and oxygen atoms in total. The smallest absolute Gasteiger partial charge is 0.211 e. The number of aromatic nitrogens is 4. The fourth-order valence-electron chi connectivity index (χ4n) is 2.22. The number of nitrogens with zero attached hydrogens (tertiary/aromatic N) is 5. The van der Waals surface area contributed by atoms with Gasteiger partial charge < -0.3 is 9.88 Å². The molecule has 0 unspecified atom stereocenters. The Morgan fingerprint density at radius 3 is 2.58 bits per heavy atom. The van der Waals surface area contributed by atoms with Crippen LogP contribution >= 0.6 is 0 Å². The van der Waals surface area contributed by atoms with Gasteiger partial charge >= 0.3 is 0 Å². The molecular formula is C10H14N6O2S. The predicted octanol–water partition coefficient (Wildman–Crippen LogP) is -0.565. The van der Waals surface area contributed by atoms with E-state index in [9.17, 15) is 8.42 Å². The summed E-state index contributed by atoms with van der Waals surface area (Å²) in [6.45, 7) is 2.16. The molecule has 0 radical (unpaired) electrons. The van der Waals surface area contributed by atoms with E-state index >= 15 is 0 Å². The Bertz CT molecular complexity index is 689. The van der Waals surface area contributed by atoms with Gasteiger partial charge in [0, 0.05) is 26.2 Å². The van der Waals surface area contributed by atoms with Gasteiger partial charge in [-0.1, -0.05) is 0 Å². The van der Waals surface area contributed by atoms with E-state index in [1.807, 2.05) is 4.90 Å². The highest BCUT2D eigenvalue weighted by Gasteiger charge is 2.25. The van der Waals surface area contributed by atoms with Crippen LogP contribution in [0.15, 0.2) is 12.7 Å². The largest absolute Gasteiger partial charge is 0.352 e. The van der Waals surface area contributed by atoms with Crippen LogP contribution in [-0.4, -0.2) is 65.1 Å². The van der Waals surface area contributed by atoms with E-state index in [0.717, 1.165) is 11.3 Å². The first kappa shape index (κ1) is 12.3. The number of nitrogens with one attached hydrogen (secondary N) is 1. The van der Waals surface area contributed by atoms with Gasteiger partial charge in [0.25, 0.3) is 0 Å². The number of hydrogen-bond acceptors (Lipinski definition) is 6. The number of imidazole rings is 1. The number of anilines is 1. The second-order valence-corrected chi connectivity index (χ2v) is 6.43. The maximum absolute atomic E-state index is 11.5. The average Bonchev–Trinajstić information content (AvgIpc) is 2.86. The molecule has 1 N–H and O–H groups in total. The second kappa shape index (κ2) is 4.42. The van der Waals surface area contributed by atoms with Crippen LogP contribution in [-0.2, 0) is 10.0 Å². The third-order valence-electron chi connectivity index (χ3n) is 3.21. The monoisotopic (exact) mass is 282 g/mol. The molecule has 1 aliphatic heterocycles. The molecule has 102 valence electrons. The number of H-pyrrole nitrogens is 1. The lowest BCUT2D eigenvalue weighted by Gasteiger charge is -2.33. The molecule has 0 bridgehead atoms. The molecule has 0 atom stereocenters. The molecule has 3 rings (SSSR count). The van der Waals surface area contributed by atoms with E-state index in [-0.39, 0.29) is 0 Å². The zero-order chi connectivity index (χ0) is 13.5. The van der Waals surface area contributed by atoms with E-state index in [4.69, 9.17) is 0 Å². The number of rotatable bonds is 2. The summed E-state index contributed by atoms with van der Waals surface area (Å²) in [7, 11) is -3.11. The summed E-state index contributed by atoms with van der Waals surface area (Å²) in [6.07, 6.45) is 4.29. The topological polar surface area (TPSA) is 95.1 Å². The Labute approximate surface area is 110 Å². The Kier molecular flexibility index (Phi) is 2.86. The first-order valence-corrected chi connectivity index (χ1v) is 7.75. The third-order valence-corrected chi connectivity index (χ3v) is 4.51. The zero-order valence-corrected chi connectivity index (χ0v) is 11.3. The van der Waals surface area contributed by atoms with Crippen LogP contribution in [0.3, 0.4) is 0 Å². The Balaban J connectivity index is 1.84. The van der Waals surface area contributed by atoms with Crippen LogP contribution in [0.1, 0.15) is 0 Å². The molecule has 0 spiro atoms. The molecular weight excluding hydrogens is 268 g/mol. The molecule has 19 heavy (non-hydrogen) atoms. The zero-order valence-electron chi connectivity index (χ0n) is 10.4. The fourth-order valence-corrected chi connectivity index (χ4v) is 3.05. The van der Waals surface area contributed by atoms with Gasteiger partial charge in [-0.3, -0.25) is 0 Å². The summed E-state index contributed by atoms with van der Waals surface area (Å²) in [6, 6.07) is 0. The molecule has 0 aliphatic carbocycles. The Hall–Kier alpha value is -1.74. The van der Waals surface area contributed by atoms with Crippen molar-refractivity contribution >= 4 is 27.0 Å². The van der Waals surface area contributed by atoms with Gasteiger partial charge in [-0.25, -0.2) is 23.4 Å². The van der Waals surface area contributed by atoms with Crippen LogP contribution in [0.4, 0.5) is 5.82 Å². The first-order valence-electron chi connectivity index (χ1n) is 5.90. The summed E-state index contributed by atoms with van der Waals surface area (Å²) in [5.41, 5.74) is 1.41. The van der Waals surface area contributed by atoms with Crippen LogP contribution in [0, 0.1) is 0 Å². The summed E-state index contributed by atoms with van der Waals surface area (Å²) in [5, 5.41) is 0. The van der Waals surface area contributed by atoms with Crippen molar-refractivity contribution < 1.29 is 8.42 Å². The summed E-state index contributed by atoms with van der Waals surface area (Å²) in [4.78, 5) is 17.5. The lowest BCUT2D eigenvalue weighted by molar-refractivity contribution is 0.387. The third kappa shape index (κ3) is 2.26. The first-order chi connectivity index (χ1) is 9.05. The van der Waals surface area contributed by atoms with Gasteiger partial charge in [0.15, 0.2) is 11.5 Å². The fraction of sp³-hybridized carbons (Fsp3) is 0.500. The highest BCUT2D eigenvalue weighted by atomic mass is 32.2. The second-order valence-electron chi connectivity index (χ2n) is 4.45. The van der Waals surface area contributed by atoms with Crippen LogP contribution < -0.4 is 4.90 Å². The molecule has 0 amide bonds. The Morgan fingerprint density at radius 1 is 1.16 bits per heavy atom. The summed E-state index contributed by atoms with van der Waals surface area (Å²) in [5.74, 6) is 0.774. The molecule has 3 heterocycles. The lowest BCUT2D eigenvalue weighted by Crippen LogP contribution is -2.48. The van der Waals surface area contributed by atoms with Crippen molar-refractivity contribution in [3.05, 3.63) is 12.7 Å². The van der Waals surface area contributed by atoms with Crippen LogP contribution in [0.25, 0.3) is 11.2 Å². The quantitative estimate of drug-likeness (QED) is 0.793. The maximum Gasteiger partial charge on any atom is 0.211 e. The van der Waals surface area contributed by atoms with E-state index in [2.05, 4.69) is 19.9 Å². The predicted molar refractivity (Wildman–Crippen MR) is 70.3 cm³/mol. The summed E-state index contributed by atoms with van der Waals surface area (Å²) < 4.78 is 24.4. The number of fused-ring (bicyclic) bond motifs is 1. The minimum absolute atomic E-state index is 0.471. The number of aromatic amines is 1. The van der Waals surface area contributed by atoms with Crippen molar-refractivity contribution in [1.29, 1.82) is 0 Å². The molecule has 2 aromatic rings. The van der Waals surface area contributed by atoms with Gasteiger partial charge in [0.1, 0.15) is 11.8 Å². The van der Waals surface area contributed by atoms with Gasteiger partial charge in [0.05, 0.1) is 12.6 Å². The number of sulfonamides is 1. The number of piperazine rings is 1. The molecule has 1 fully saturated rings. The minimum atomic E-state index is -3.11. The molecule has 1 aliphatic rings. The molecule has 0 saturated carbocycles. The van der Waals surface area contributed by atoms with Crippen molar-refractivity contribution in [3.63, 3.8) is 0 Å². The molecule has 2 aromatic heterocycles. The van der Waals surface area contributed by atoms with Gasteiger partial charge in [-0.15, -0.1) is 0 Å². The minimum Gasteiger partial charge on any atom is -0.352 e. The number of hydrogen-bond donors (Lipinski definition) is 1. The maximum atomic E-state index is 11.5. The highest BCUT2D eigenvalue weighted by molar-refractivity contribution is 7.88. The SMILES string of the molecule is CS(=O)(=O)N1CCN(c2ncnc3nc[nH]c23)CC1. The van der Waals surface area contributed by atoms with E-state index in [0.29, 0.717) is 31.8 Å². The van der Waals surface area contributed by atoms with Gasteiger partial charge in [-0.2, -0.15) is 4.31 Å². The van der Waals surface area contributed by atoms with E-state index in [1.165, 1.54) is 16.9 Å². The van der Waals surface area contributed by atoms with Crippen LogP contribution in [0.2, 0.25) is 0 Å². The normalized spacial score (nSPS) is 18.1. The average molecular weight is 282 g/mol. The molecule has 1 saturated heterocycles. The van der Waals surface area contributed by atoms with Gasteiger partial charge in [0.2, 0.25) is 10.0 Å². The molecule has 0 aromatic carbocycles. The lowest BCUT2D eigenvalue weighted by atomic mass is 10.3. The standard InChI is InChI=1S/C10H14N6O2S/c1-19(17,18)16-4-2-15(3-5-16)10-8-9(12-6-11-8)13-7-14-10/h6-7H,2-5H2,1H3,(H,11,12,13,14). The van der Waals surface area contributed by atoms with Crippen molar-refractivity contribution in [2.45, 2.75) is 0 Å².